The number of ether oxygens (including phenoxy) is 1. The van der Waals surface area contributed by atoms with Crippen LogP contribution in [-0.4, -0.2) is 56.2 Å². The largest absolute Gasteiger partial charge is 0.497 e. The highest BCUT2D eigenvalue weighted by Crippen LogP contribution is 2.35. The van der Waals surface area contributed by atoms with Gasteiger partial charge in [-0.2, -0.15) is 0 Å². The number of hydrogen-bond acceptors (Lipinski definition) is 4. The first-order valence-corrected chi connectivity index (χ1v) is 12.2. The first kappa shape index (κ1) is 29.9. The summed E-state index contributed by atoms with van der Waals surface area (Å²) in [7, 11) is 6.03. The predicted molar refractivity (Wildman–Crippen MR) is 139 cm³/mol. The third-order valence-electron chi connectivity index (χ3n) is 5.53. The Labute approximate surface area is 196 Å². The summed E-state index contributed by atoms with van der Waals surface area (Å²) in [4.78, 5) is 10.8. The van der Waals surface area contributed by atoms with Gasteiger partial charge < -0.3 is 25.3 Å². The van der Waals surface area contributed by atoms with Crippen molar-refractivity contribution in [2.45, 2.75) is 78.8 Å². The van der Waals surface area contributed by atoms with E-state index in [4.69, 9.17) is 9.53 Å². The first-order chi connectivity index (χ1) is 15.5. The molecule has 1 amide bonds. The van der Waals surface area contributed by atoms with E-state index >= 15 is 0 Å². The average Bonchev–Trinajstić information content (AvgIpc) is 3.19. The van der Waals surface area contributed by atoms with Crippen molar-refractivity contribution in [1.82, 2.24) is 14.8 Å². The Hall–Kier alpha value is -2.05. The van der Waals surface area contributed by atoms with Gasteiger partial charge in [-0.25, -0.2) is 0 Å². The quantitative estimate of drug-likeness (QED) is 0.585. The van der Waals surface area contributed by atoms with Crippen molar-refractivity contribution in [2.75, 3.05) is 34.3 Å². The lowest BCUT2D eigenvalue weighted by Crippen LogP contribution is -2.33. The Kier molecular flexibility index (Phi) is 16.4. The van der Waals surface area contributed by atoms with E-state index in [1.807, 2.05) is 27.7 Å². The maximum Gasteiger partial charge on any atom is 0.204 e. The number of benzene rings is 1. The Morgan fingerprint density at radius 3 is 2.25 bits per heavy atom. The summed E-state index contributed by atoms with van der Waals surface area (Å²) in [5.41, 5.74) is 6.97. The van der Waals surface area contributed by atoms with Crippen molar-refractivity contribution in [3.63, 3.8) is 0 Å². The molecule has 0 aliphatic heterocycles. The molecule has 0 radical (unpaired) electrons. The summed E-state index contributed by atoms with van der Waals surface area (Å²) in [6.07, 6.45) is 8.83. The molecule has 1 aliphatic carbocycles. The van der Waals surface area contributed by atoms with Gasteiger partial charge in [0.1, 0.15) is 5.75 Å². The maximum atomic E-state index is 8.58. The van der Waals surface area contributed by atoms with Gasteiger partial charge in [0.25, 0.3) is 0 Å². The highest BCUT2D eigenvalue weighted by Gasteiger charge is 2.23. The highest BCUT2D eigenvalue weighted by atomic mass is 16.5. The molecule has 0 unspecified atom stereocenters. The topological polar surface area (TPSA) is 72.5 Å². The third kappa shape index (κ3) is 9.21. The first-order valence-electron chi connectivity index (χ1n) is 12.2. The summed E-state index contributed by atoms with van der Waals surface area (Å²) in [5.74, 6) is 0.951. The molecule has 1 aliphatic rings. The minimum absolute atomic E-state index is 0.250. The number of primary amides is 1. The summed E-state index contributed by atoms with van der Waals surface area (Å²) in [5, 5.41) is 4.97. The van der Waals surface area contributed by atoms with Crippen LogP contribution in [0.3, 0.4) is 0 Å². The van der Waals surface area contributed by atoms with Crippen LogP contribution in [0, 0.1) is 0 Å². The van der Waals surface area contributed by atoms with Crippen LogP contribution in [0.15, 0.2) is 24.4 Å². The molecule has 32 heavy (non-hydrogen) atoms. The van der Waals surface area contributed by atoms with Gasteiger partial charge in [-0.15, -0.1) is 0 Å². The standard InChI is InChI=1S/C21H33N3O.2C2H6.CH3NO/c1-5-22-17-6-8-18(9-7-17)24-15-16(12-13-23(2)3)20-14-19(25-4)10-11-21(20)24;2*1-2;2-1-3/h10-11,14-15,17-18,22H,5-9,12-13H2,1-4H3;2*1-2H3;1H,(H2,2,3). The van der Waals surface area contributed by atoms with Crippen molar-refractivity contribution in [3.8, 4) is 5.75 Å². The van der Waals surface area contributed by atoms with E-state index in [2.05, 4.69) is 65.9 Å². The molecule has 0 saturated heterocycles. The number of nitrogens with zero attached hydrogens (tertiary/aromatic N) is 2. The molecule has 1 aromatic heterocycles. The molecule has 1 heterocycles. The average molecular weight is 449 g/mol. The molecular weight excluding hydrogens is 400 g/mol. The smallest absolute Gasteiger partial charge is 0.204 e. The van der Waals surface area contributed by atoms with Crippen molar-refractivity contribution in [1.29, 1.82) is 0 Å². The van der Waals surface area contributed by atoms with E-state index in [0.29, 0.717) is 12.1 Å². The number of fused-ring (bicyclic) bond motifs is 1. The molecule has 3 N–H and O–H groups in total. The number of hydrogen-bond donors (Lipinski definition) is 2. The van der Waals surface area contributed by atoms with Crippen LogP contribution in [0.25, 0.3) is 10.9 Å². The Bertz CT molecular complexity index is 735. The third-order valence-corrected chi connectivity index (χ3v) is 5.53. The molecule has 0 atom stereocenters. The van der Waals surface area contributed by atoms with Crippen molar-refractivity contribution in [3.05, 3.63) is 30.0 Å². The molecule has 1 fully saturated rings. The van der Waals surface area contributed by atoms with Crippen LogP contribution in [0.5, 0.6) is 5.75 Å². The van der Waals surface area contributed by atoms with E-state index in [-0.39, 0.29) is 6.41 Å². The van der Waals surface area contributed by atoms with Gasteiger partial charge in [0, 0.05) is 35.7 Å². The number of carbonyl (C=O) groups is 1. The molecule has 6 nitrogen and oxygen atoms in total. The van der Waals surface area contributed by atoms with Crippen LogP contribution >= 0.6 is 0 Å². The Balaban J connectivity index is 0.00000124. The number of methoxy groups -OCH3 is 1. The van der Waals surface area contributed by atoms with Gasteiger partial charge in [0.15, 0.2) is 0 Å². The zero-order chi connectivity index (χ0) is 24.5. The van der Waals surface area contributed by atoms with E-state index in [0.717, 1.165) is 25.3 Å². The van der Waals surface area contributed by atoms with Gasteiger partial charge in [-0.05, 0) is 76.5 Å². The van der Waals surface area contributed by atoms with E-state index < -0.39 is 0 Å². The molecule has 6 heteroatoms. The molecule has 2 aromatic rings. The zero-order valence-corrected chi connectivity index (χ0v) is 21.8. The number of amides is 1. The second-order valence-corrected chi connectivity index (χ2v) is 7.70. The van der Waals surface area contributed by atoms with Gasteiger partial charge in [0.05, 0.1) is 7.11 Å². The molecule has 0 spiro atoms. The molecule has 184 valence electrons. The summed E-state index contributed by atoms with van der Waals surface area (Å²) >= 11 is 0. The van der Waals surface area contributed by atoms with Crippen LogP contribution in [0.1, 0.15) is 71.9 Å². The molecule has 1 aromatic carbocycles. The normalized spacial score (nSPS) is 17.3. The summed E-state index contributed by atoms with van der Waals surface area (Å²) in [6, 6.07) is 7.87. The molecule has 3 rings (SSSR count). The number of likely N-dealkylation sites (N-methyl/N-ethyl adjacent to an activating group) is 1. The number of rotatable bonds is 7. The van der Waals surface area contributed by atoms with Gasteiger partial charge in [0.2, 0.25) is 6.41 Å². The second-order valence-electron chi connectivity index (χ2n) is 7.70. The summed E-state index contributed by atoms with van der Waals surface area (Å²) < 4.78 is 8.01. The predicted octanol–water partition coefficient (Wildman–Crippen LogP) is 5.00. The maximum absolute atomic E-state index is 8.58. The number of carbonyl (C=O) groups excluding carboxylic acids is 1. The summed E-state index contributed by atoms with van der Waals surface area (Å²) in [6.45, 7) is 12.4. The lowest BCUT2D eigenvalue weighted by atomic mass is 9.91. The highest BCUT2D eigenvalue weighted by molar-refractivity contribution is 5.85. The van der Waals surface area contributed by atoms with Gasteiger partial charge in [-0.1, -0.05) is 34.6 Å². The van der Waals surface area contributed by atoms with Crippen molar-refractivity contribution >= 4 is 17.3 Å². The minimum Gasteiger partial charge on any atom is -0.497 e. The monoisotopic (exact) mass is 448 g/mol. The molecule has 1 saturated carbocycles. The van der Waals surface area contributed by atoms with Gasteiger partial charge >= 0.3 is 0 Å². The van der Waals surface area contributed by atoms with E-state index in [1.165, 1.54) is 42.1 Å². The molecular formula is C26H48N4O2. The number of aromatic nitrogens is 1. The zero-order valence-electron chi connectivity index (χ0n) is 21.8. The Morgan fingerprint density at radius 2 is 1.75 bits per heavy atom. The van der Waals surface area contributed by atoms with Crippen LogP contribution < -0.4 is 15.8 Å². The van der Waals surface area contributed by atoms with Crippen LogP contribution in [0.2, 0.25) is 0 Å². The van der Waals surface area contributed by atoms with E-state index in [9.17, 15) is 0 Å². The number of nitrogens with two attached hydrogens (primary N) is 1. The lowest BCUT2D eigenvalue weighted by molar-refractivity contribution is -0.106. The Morgan fingerprint density at radius 1 is 1.16 bits per heavy atom. The molecule has 0 bridgehead atoms. The number of nitrogens with one attached hydrogen (secondary N) is 1. The SMILES string of the molecule is CC.CC.CCNC1CCC(n2cc(CCN(C)C)c3cc(OC)ccc32)CC1.NC=O. The van der Waals surface area contributed by atoms with Crippen LogP contribution in [-0.2, 0) is 11.2 Å². The second kappa shape index (κ2) is 17.5. The van der Waals surface area contributed by atoms with E-state index in [1.54, 1.807) is 7.11 Å². The van der Waals surface area contributed by atoms with Gasteiger partial charge in [-0.3, -0.25) is 4.79 Å². The fourth-order valence-corrected chi connectivity index (χ4v) is 4.12. The lowest BCUT2D eigenvalue weighted by Gasteiger charge is -2.30. The van der Waals surface area contributed by atoms with Crippen molar-refractivity contribution in [2.24, 2.45) is 5.73 Å². The minimum atomic E-state index is 0.250. The van der Waals surface area contributed by atoms with Crippen molar-refractivity contribution < 1.29 is 9.53 Å². The fourth-order valence-electron chi connectivity index (χ4n) is 4.12. The van der Waals surface area contributed by atoms with Crippen LogP contribution in [0.4, 0.5) is 0 Å². The fraction of sp³-hybridized carbons (Fsp3) is 0.654.